The molecule has 0 amide bonds. The van der Waals surface area contributed by atoms with Crippen LogP contribution in [0.25, 0.3) is 0 Å². The Hall–Kier alpha value is -2.17. The van der Waals surface area contributed by atoms with Gasteiger partial charge in [-0.05, 0) is 24.6 Å². The molecule has 0 bridgehead atoms. The van der Waals surface area contributed by atoms with Crippen LogP contribution in [0.2, 0.25) is 0 Å². The van der Waals surface area contributed by atoms with E-state index in [0.29, 0.717) is 18.0 Å². The lowest BCUT2D eigenvalue weighted by molar-refractivity contribution is -0.116. The highest BCUT2D eigenvalue weighted by Crippen LogP contribution is 2.13. The van der Waals surface area contributed by atoms with Crippen LogP contribution in [0.3, 0.4) is 0 Å². The molecule has 0 aliphatic heterocycles. The van der Waals surface area contributed by atoms with Crippen molar-refractivity contribution in [2.45, 2.75) is 20.0 Å². The number of benzene rings is 1. The highest BCUT2D eigenvalue weighted by molar-refractivity contribution is 5.78. The molecule has 0 saturated carbocycles. The number of carbonyl (C=O) groups is 1. The summed E-state index contributed by atoms with van der Waals surface area (Å²) in [5.74, 6) is 1.35. The zero-order valence-corrected chi connectivity index (χ0v) is 9.42. The lowest BCUT2D eigenvalue weighted by Crippen LogP contribution is -1.98. The molecule has 2 rings (SSSR count). The van der Waals surface area contributed by atoms with Gasteiger partial charge in [-0.1, -0.05) is 17.3 Å². The first-order valence-corrected chi connectivity index (χ1v) is 5.20. The first-order valence-electron chi connectivity index (χ1n) is 5.20. The third-order valence-corrected chi connectivity index (χ3v) is 2.15. The standard InChI is InChI=1S/C12H12N2O3/c1-9(15)6-10-2-4-11(5-3-10)16-7-12-13-8-17-14-12/h2-5,8H,6-7H2,1H3. The highest BCUT2D eigenvalue weighted by atomic mass is 16.5. The summed E-state index contributed by atoms with van der Waals surface area (Å²) < 4.78 is 10.0. The summed E-state index contributed by atoms with van der Waals surface area (Å²) in [6.45, 7) is 1.84. The zero-order chi connectivity index (χ0) is 12.1. The van der Waals surface area contributed by atoms with Gasteiger partial charge in [0.1, 0.15) is 11.5 Å². The Balaban J connectivity index is 1.91. The molecule has 0 unspecified atom stereocenters. The van der Waals surface area contributed by atoms with Gasteiger partial charge in [0.15, 0.2) is 6.61 Å². The molecule has 1 aromatic heterocycles. The number of hydrogen-bond acceptors (Lipinski definition) is 5. The largest absolute Gasteiger partial charge is 0.485 e. The van der Waals surface area contributed by atoms with Crippen molar-refractivity contribution >= 4 is 5.78 Å². The average Bonchev–Trinajstić information content (AvgIpc) is 2.80. The summed E-state index contributed by atoms with van der Waals surface area (Å²) in [6.07, 6.45) is 1.71. The van der Waals surface area contributed by atoms with Crippen LogP contribution in [0.5, 0.6) is 5.75 Å². The minimum Gasteiger partial charge on any atom is -0.485 e. The quantitative estimate of drug-likeness (QED) is 0.786. The Morgan fingerprint density at radius 1 is 1.35 bits per heavy atom. The van der Waals surface area contributed by atoms with E-state index in [1.807, 2.05) is 24.3 Å². The molecule has 0 atom stereocenters. The van der Waals surface area contributed by atoms with Crippen molar-refractivity contribution < 1.29 is 14.1 Å². The molecule has 1 aromatic carbocycles. The Kier molecular flexibility index (Phi) is 3.49. The molecule has 0 aliphatic carbocycles. The fourth-order valence-corrected chi connectivity index (χ4v) is 1.39. The van der Waals surface area contributed by atoms with E-state index in [0.717, 1.165) is 5.56 Å². The third kappa shape index (κ3) is 3.41. The van der Waals surface area contributed by atoms with E-state index in [-0.39, 0.29) is 12.4 Å². The number of ether oxygens (including phenoxy) is 1. The van der Waals surface area contributed by atoms with Crippen LogP contribution in [0.15, 0.2) is 35.2 Å². The van der Waals surface area contributed by atoms with Gasteiger partial charge in [-0.2, -0.15) is 4.98 Å². The summed E-state index contributed by atoms with van der Waals surface area (Å²) in [5.41, 5.74) is 0.976. The van der Waals surface area contributed by atoms with Crippen molar-refractivity contribution in [1.82, 2.24) is 10.1 Å². The second kappa shape index (κ2) is 5.25. The Bertz CT molecular complexity index is 477. The van der Waals surface area contributed by atoms with Crippen molar-refractivity contribution in [2.75, 3.05) is 0 Å². The minimum absolute atomic E-state index is 0.144. The minimum atomic E-state index is 0.144. The van der Waals surface area contributed by atoms with Crippen molar-refractivity contribution in [3.63, 3.8) is 0 Å². The molecule has 17 heavy (non-hydrogen) atoms. The number of nitrogens with zero attached hydrogens (tertiary/aromatic N) is 2. The molecule has 0 aliphatic rings. The molecule has 0 fully saturated rings. The monoisotopic (exact) mass is 232 g/mol. The molecule has 0 radical (unpaired) electrons. The fourth-order valence-electron chi connectivity index (χ4n) is 1.39. The normalized spacial score (nSPS) is 10.2. The summed E-state index contributed by atoms with van der Waals surface area (Å²) in [6, 6.07) is 7.37. The van der Waals surface area contributed by atoms with Crippen molar-refractivity contribution in [3.8, 4) is 5.75 Å². The van der Waals surface area contributed by atoms with Crippen LogP contribution in [0, 0.1) is 0 Å². The molecule has 2 aromatic rings. The van der Waals surface area contributed by atoms with Crippen LogP contribution < -0.4 is 4.74 Å². The lowest BCUT2D eigenvalue weighted by atomic mass is 10.1. The Morgan fingerprint density at radius 2 is 2.12 bits per heavy atom. The average molecular weight is 232 g/mol. The van der Waals surface area contributed by atoms with Gasteiger partial charge in [-0.25, -0.2) is 0 Å². The summed E-state index contributed by atoms with van der Waals surface area (Å²) >= 11 is 0. The Labute approximate surface area is 98.4 Å². The van der Waals surface area contributed by atoms with Crippen molar-refractivity contribution in [1.29, 1.82) is 0 Å². The summed E-state index contributed by atoms with van der Waals surface area (Å²) in [7, 11) is 0. The van der Waals surface area contributed by atoms with E-state index in [4.69, 9.17) is 4.74 Å². The molecule has 0 spiro atoms. The number of hydrogen-bond donors (Lipinski definition) is 0. The molecule has 5 heteroatoms. The maximum absolute atomic E-state index is 10.9. The maximum atomic E-state index is 10.9. The third-order valence-electron chi connectivity index (χ3n) is 2.15. The van der Waals surface area contributed by atoms with E-state index >= 15 is 0 Å². The van der Waals surface area contributed by atoms with Crippen LogP contribution in [0.1, 0.15) is 18.3 Å². The van der Waals surface area contributed by atoms with E-state index in [1.165, 1.54) is 6.39 Å². The maximum Gasteiger partial charge on any atom is 0.213 e. The first kappa shape index (κ1) is 11.3. The highest BCUT2D eigenvalue weighted by Gasteiger charge is 2.01. The number of aromatic nitrogens is 2. The van der Waals surface area contributed by atoms with Gasteiger partial charge >= 0.3 is 0 Å². The zero-order valence-electron chi connectivity index (χ0n) is 9.42. The molecule has 0 saturated heterocycles. The van der Waals surface area contributed by atoms with Gasteiger partial charge in [0.05, 0.1) is 0 Å². The van der Waals surface area contributed by atoms with E-state index in [2.05, 4.69) is 14.7 Å². The predicted octanol–water partition coefficient (Wildman–Crippen LogP) is 1.78. The molecule has 5 nitrogen and oxygen atoms in total. The van der Waals surface area contributed by atoms with Crippen molar-refractivity contribution in [3.05, 3.63) is 42.0 Å². The van der Waals surface area contributed by atoms with E-state index in [9.17, 15) is 4.79 Å². The van der Waals surface area contributed by atoms with Gasteiger partial charge in [0.25, 0.3) is 0 Å². The van der Waals surface area contributed by atoms with Crippen LogP contribution >= 0.6 is 0 Å². The summed E-state index contributed by atoms with van der Waals surface area (Å²) in [5, 5.41) is 3.63. The van der Waals surface area contributed by atoms with Crippen LogP contribution in [-0.2, 0) is 17.8 Å². The smallest absolute Gasteiger partial charge is 0.213 e. The second-order valence-electron chi connectivity index (χ2n) is 3.66. The Morgan fingerprint density at radius 3 is 2.71 bits per heavy atom. The van der Waals surface area contributed by atoms with Gasteiger partial charge in [0.2, 0.25) is 12.2 Å². The van der Waals surface area contributed by atoms with Gasteiger partial charge in [0, 0.05) is 6.42 Å². The lowest BCUT2D eigenvalue weighted by Gasteiger charge is -2.04. The topological polar surface area (TPSA) is 65.2 Å². The number of ketones is 1. The second-order valence-corrected chi connectivity index (χ2v) is 3.66. The van der Waals surface area contributed by atoms with Crippen LogP contribution in [-0.4, -0.2) is 15.9 Å². The SMILES string of the molecule is CC(=O)Cc1ccc(OCc2ncon2)cc1. The number of rotatable bonds is 5. The molecule has 1 heterocycles. The predicted molar refractivity (Wildman–Crippen MR) is 59.5 cm³/mol. The molecular weight excluding hydrogens is 220 g/mol. The summed E-state index contributed by atoms with van der Waals surface area (Å²) in [4.78, 5) is 14.8. The molecular formula is C12H12N2O3. The first-order chi connectivity index (χ1) is 8.24. The van der Waals surface area contributed by atoms with Crippen LogP contribution in [0.4, 0.5) is 0 Å². The van der Waals surface area contributed by atoms with E-state index < -0.39 is 0 Å². The fraction of sp³-hybridized carbons (Fsp3) is 0.250. The van der Waals surface area contributed by atoms with Crippen molar-refractivity contribution in [2.24, 2.45) is 0 Å². The molecule has 88 valence electrons. The number of Topliss-reactive ketones (excluding diaryl/α,β-unsaturated/α-hetero) is 1. The van der Waals surface area contributed by atoms with E-state index in [1.54, 1.807) is 6.92 Å². The van der Waals surface area contributed by atoms with Gasteiger partial charge in [-0.3, -0.25) is 4.79 Å². The van der Waals surface area contributed by atoms with Gasteiger partial charge in [-0.15, -0.1) is 0 Å². The van der Waals surface area contributed by atoms with Gasteiger partial charge < -0.3 is 9.26 Å². The molecule has 0 N–H and O–H groups in total. The number of carbonyl (C=O) groups excluding carboxylic acids is 1.